The lowest BCUT2D eigenvalue weighted by molar-refractivity contribution is -0.126. The topological polar surface area (TPSA) is 73.6 Å². The van der Waals surface area contributed by atoms with Crippen molar-refractivity contribution >= 4 is 5.91 Å². The van der Waals surface area contributed by atoms with Gasteiger partial charge in [-0.1, -0.05) is 13.8 Å². The van der Waals surface area contributed by atoms with Gasteiger partial charge in [0.25, 0.3) is 0 Å². The lowest BCUT2D eigenvalue weighted by atomic mass is 9.95. The van der Waals surface area contributed by atoms with E-state index in [4.69, 9.17) is 15.2 Å². The number of rotatable bonds is 9. The average Bonchev–Trinajstić information content (AvgIpc) is 2.87. The van der Waals surface area contributed by atoms with E-state index in [0.29, 0.717) is 26.3 Å². The first-order valence-corrected chi connectivity index (χ1v) is 7.32. The minimum atomic E-state index is -0.0900. The highest BCUT2D eigenvalue weighted by Crippen LogP contribution is 2.12. The van der Waals surface area contributed by atoms with E-state index in [9.17, 15) is 4.79 Å². The zero-order valence-corrected chi connectivity index (χ0v) is 12.2. The van der Waals surface area contributed by atoms with Crippen LogP contribution < -0.4 is 11.1 Å². The lowest BCUT2D eigenvalue weighted by Gasteiger charge is -2.18. The zero-order valence-electron chi connectivity index (χ0n) is 12.2. The summed E-state index contributed by atoms with van der Waals surface area (Å²) < 4.78 is 11.0. The van der Waals surface area contributed by atoms with Crippen molar-refractivity contribution < 1.29 is 14.3 Å². The highest BCUT2D eigenvalue weighted by atomic mass is 16.5. The summed E-state index contributed by atoms with van der Waals surface area (Å²) in [6, 6.07) is 0. The van der Waals surface area contributed by atoms with Crippen LogP contribution in [0.15, 0.2) is 0 Å². The maximum Gasteiger partial charge on any atom is 0.224 e. The lowest BCUT2D eigenvalue weighted by Crippen LogP contribution is -2.38. The largest absolute Gasteiger partial charge is 0.379 e. The van der Waals surface area contributed by atoms with E-state index in [1.165, 1.54) is 0 Å². The van der Waals surface area contributed by atoms with Crippen LogP contribution in [0.3, 0.4) is 0 Å². The van der Waals surface area contributed by atoms with Gasteiger partial charge in [0, 0.05) is 26.3 Å². The smallest absolute Gasteiger partial charge is 0.224 e. The van der Waals surface area contributed by atoms with E-state index in [1.54, 1.807) is 0 Å². The van der Waals surface area contributed by atoms with Gasteiger partial charge in [0.15, 0.2) is 0 Å². The van der Waals surface area contributed by atoms with Gasteiger partial charge < -0.3 is 20.5 Å². The molecule has 0 radical (unpaired) electrons. The molecular formula is C14H28N2O3. The Morgan fingerprint density at radius 1 is 1.53 bits per heavy atom. The maximum atomic E-state index is 11.8. The van der Waals surface area contributed by atoms with E-state index < -0.39 is 0 Å². The number of hydrogen-bond donors (Lipinski definition) is 2. The Hall–Kier alpha value is -0.650. The third-order valence-corrected chi connectivity index (χ3v) is 3.49. The Morgan fingerprint density at radius 2 is 2.32 bits per heavy atom. The van der Waals surface area contributed by atoms with Crippen molar-refractivity contribution in [2.75, 3.05) is 32.9 Å². The first-order valence-electron chi connectivity index (χ1n) is 7.32. The minimum Gasteiger partial charge on any atom is -0.379 e. The summed E-state index contributed by atoms with van der Waals surface area (Å²) in [6.45, 7) is 7.27. The number of ether oxygens (including phenoxy) is 2. The Balaban J connectivity index is 1.98. The molecular weight excluding hydrogens is 244 g/mol. The van der Waals surface area contributed by atoms with Crippen LogP contribution in [0, 0.1) is 11.8 Å². The molecule has 2 unspecified atom stereocenters. The molecule has 1 fully saturated rings. The fourth-order valence-electron chi connectivity index (χ4n) is 2.19. The number of amides is 1. The van der Waals surface area contributed by atoms with Crippen molar-refractivity contribution in [3.8, 4) is 0 Å². The van der Waals surface area contributed by atoms with Gasteiger partial charge >= 0.3 is 0 Å². The van der Waals surface area contributed by atoms with Crippen LogP contribution >= 0.6 is 0 Å². The predicted molar refractivity (Wildman–Crippen MR) is 74.8 cm³/mol. The summed E-state index contributed by atoms with van der Waals surface area (Å²) in [7, 11) is 0. The molecule has 0 saturated carbocycles. The molecule has 5 heteroatoms. The van der Waals surface area contributed by atoms with Gasteiger partial charge in [-0.3, -0.25) is 4.79 Å². The van der Waals surface area contributed by atoms with E-state index in [2.05, 4.69) is 5.32 Å². The first kappa shape index (κ1) is 16.4. The van der Waals surface area contributed by atoms with Gasteiger partial charge in [-0.05, 0) is 25.2 Å². The number of nitrogens with one attached hydrogen (secondary N) is 1. The fourth-order valence-corrected chi connectivity index (χ4v) is 2.19. The molecule has 1 aliphatic heterocycles. The van der Waals surface area contributed by atoms with E-state index >= 15 is 0 Å². The van der Waals surface area contributed by atoms with Gasteiger partial charge in [-0.15, -0.1) is 0 Å². The molecule has 0 aliphatic carbocycles. The highest BCUT2D eigenvalue weighted by molar-refractivity contribution is 5.79. The second-order valence-corrected chi connectivity index (χ2v) is 5.44. The second kappa shape index (κ2) is 9.28. The van der Waals surface area contributed by atoms with Crippen LogP contribution in [0.4, 0.5) is 0 Å². The van der Waals surface area contributed by atoms with Gasteiger partial charge in [-0.2, -0.15) is 0 Å². The third-order valence-electron chi connectivity index (χ3n) is 3.49. The van der Waals surface area contributed by atoms with Crippen LogP contribution in [0.5, 0.6) is 0 Å². The Kier molecular flexibility index (Phi) is 8.02. The van der Waals surface area contributed by atoms with Crippen LogP contribution in [0.25, 0.3) is 0 Å². The molecule has 2 atom stereocenters. The quantitative estimate of drug-likeness (QED) is 0.612. The summed E-state index contributed by atoms with van der Waals surface area (Å²) >= 11 is 0. The molecule has 112 valence electrons. The molecule has 5 nitrogen and oxygen atoms in total. The SMILES string of the molecule is CC(C)C(CN)C(=O)NCCCOCC1CCCO1. The minimum absolute atomic E-state index is 0.0524. The van der Waals surface area contributed by atoms with E-state index in [-0.39, 0.29) is 23.8 Å². The summed E-state index contributed by atoms with van der Waals surface area (Å²) in [6.07, 6.45) is 3.34. The van der Waals surface area contributed by atoms with Crippen LogP contribution in [0.2, 0.25) is 0 Å². The Morgan fingerprint density at radius 3 is 2.89 bits per heavy atom. The zero-order chi connectivity index (χ0) is 14.1. The van der Waals surface area contributed by atoms with Crippen molar-refractivity contribution in [3.63, 3.8) is 0 Å². The number of nitrogens with two attached hydrogens (primary N) is 1. The molecule has 1 amide bonds. The van der Waals surface area contributed by atoms with Crippen molar-refractivity contribution in [2.45, 2.75) is 39.2 Å². The predicted octanol–water partition coefficient (Wildman–Crippen LogP) is 0.919. The van der Waals surface area contributed by atoms with E-state index in [0.717, 1.165) is 25.9 Å². The summed E-state index contributed by atoms with van der Waals surface area (Å²) in [5.41, 5.74) is 5.60. The molecule has 1 heterocycles. The van der Waals surface area contributed by atoms with Crippen LogP contribution in [0.1, 0.15) is 33.1 Å². The molecule has 1 saturated heterocycles. The Labute approximate surface area is 116 Å². The van der Waals surface area contributed by atoms with Crippen molar-refractivity contribution in [3.05, 3.63) is 0 Å². The average molecular weight is 272 g/mol. The number of carbonyl (C=O) groups is 1. The van der Waals surface area contributed by atoms with Gasteiger partial charge in [-0.25, -0.2) is 0 Å². The van der Waals surface area contributed by atoms with Crippen molar-refractivity contribution in [1.29, 1.82) is 0 Å². The van der Waals surface area contributed by atoms with Crippen LogP contribution in [-0.4, -0.2) is 44.9 Å². The standard InChI is InChI=1S/C14H28N2O3/c1-11(2)13(9-15)14(17)16-6-4-7-18-10-12-5-3-8-19-12/h11-13H,3-10,15H2,1-2H3,(H,16,17). The van der Waals surface area contributed by atoms with Crippen molar-refractivity contribution in [1.82, 2.24) is 5.32 Å². The fraction of sp³-hybridized carbons (Fsp3) is 0.929. The molecule has 0 aromatic heterocycles. The first-order chi connectivity index (χ1) is 9.15. The second-order valence-electron chi connectivity index (χ2n) is 5.44. The number of hydrogen-bond acceptors (Lipinski definition) is 4. The highest BCUT2D eigenvalue weighted by Gasteiger charge is 2.19. The number of carbonyl (C=O) groups excluding carboxylic acids is 1. The summed E-state index contributed by atoms with van der Waals surface area (Å²) in [5.74, 6) is 0.241. The molecule has 1 aliphatic rings. The molecule has 0 spiro atoms. The molecule has 0 aromatic rings. The maximum absolute atomic E-state index is 11.8. The van der Waals surface area contributed by atoms with Gasteiger partial charge in [0.2, 0.25) is 5.91 Å². The van der Waals surface area contributed by atoms with Crippen molar-refractivity contribution in [2.24, 2.45) is 17.6 Å². The monoisotopic (exact) mass is 272 g/mol. The van der Waals surface area contributed by atoms with Gasteiger partial charge in [0.05, 0.1) is 18.6 Å². The molecule has 19 heavy (non-hydrogen) atoms. The third kappa shape index (κ3) is 6.36. The summed E-state index contributed by atoms with van der Waals surface area (Å²) in [5, 5.41) is 2.91. The normalized spacial score (nSPS) is 20.7. The molecule has 3 N–H and O–H groups in total. The van der Waals surface area contributed by atoms with Gasteiger partial charge in [0.1, 0.15) is 0 Å². The van der Waals surface area contributed by atoms with Crippen LogP contribution in [-0.2, 0) is 14.3 Å². The molecule has 0 aromatic carbocycles. The summed E-state index contributed by atoms with van der Waals surface area (Å²) in [4.78, 5) is 11.8. The Bertz CT molecular complexity index is 253. The molecule has 0 bridgehead atoms. The van der Waals surface area contributed by atoms with E-state index in [1.807, 2.05) is 13.8 Å². The molecule has 1 rings (SSSR count).